The smallest absolute Gasteiger partial charge is 0.148 e. The van der Waals surface area contributed by atoms with E-state index in [9.17, 15) is 0 Å². The van der Waals surface area contributed by atoms with Gasteiger partial charge in [0.1, 0.15) is 11.3 Å². The number of nitrogens with zero attached hydrogens (tertiary/aromatic N) is 1. The van der Waals surface area contributed by atoms with Gasteiger partial charge in [-0.3, -0.25) is 0 Å². The summed E-state index contributed by atoms with van der Waals surface area (Å²) in [4.78, 5) is 2.42. The van der Waals surface area contributed by atoms with Crippen LogP contribution in [0.5, 0.6) is 0 Å². The van der Waals surface area contributed by atoms with Crippen LogP contribution in [0.2, 0.25) is 0 Å². The standard InChI is InChI=1S/C15H13BrINO/c16-11-5-10-6-14(19-15(10)13(17)7-11)12-8-18-3-1-9(12)2-4-18/h5-9H,1-4H2. The van der Waals surface area contributed by atoms with E-state index in [-0.39, 0.29) is 0 Å². The van der Waals surface area contributed by atoms with Crippen LogP contribution in [0.3, 0.4) is 0 Å². The second kappa shape index (κ2) is 4.52. The number of piperidine rings is 1. The van der Waals surface area contributed by atoms with Crippen LogP contribution < -0.4 is 0 Å². The summed E-state index contributed by atoms with van der Waals surface area (Å²) >= 11 is 5.89. The summed E-state index contributed by atoms with van der Waals surface area (Å²) in [6, 6.07) is 6.42. The molecule has 0 spiro atoms. The summed E-state index contributed by atoms with van der Waals surface area (Å²) in [5, 5.41) is 1.19. The number of hydrogen-bond donors (Lipinski definition) is 0. The predicted molar refractivity (Wildman–Crippen MR) is 88.9 cm³/mol. The molecule has 4 heterocycles. The van der Waals surface area contributed by atoms with Crippen molar-refractivity contribution < 1.29 is 4.42 Å². The first-order chi connectivity index (χ1) is 9.20. The second-order valence-electron chi connectivity index (χ2n) is 5.31. The lowest BCUT2D eigenvalue weighted by Crippen LogP contribution is -2.35. The third kappa shape index (κ3) is 2.03. The molecular formula is C15H13BrINO. The maximum absolute atomic E-state index is 6.12. The van der Waals surface area contributed by atoms with Crippen molar-refractivity contribution in [1.82, 2.24) is 4.90 Å². The summed E-state index contributed by atoms with van der Waals surface area (Å²) < 4.78 is 8.40. The summed E-state index contributed by atoms with van der Waals surface area (Å²) in [5.74, 6) is 1.74. The molecule has 98 valence electrons. The molecule has 0 saturated carbocycles. The highest BCUT2D eigenvalue weighted by Crippen LogP contribution is 2.40. The van der Waals surface area contributed by atoms with Gasteiger partial charge in [-0.05, 0) is 59.5 Å². The van der Waals surface area contributed by atoms with Gasteiger partial charge >= 0.3 is 0 Å². The van der Waals surface area contributed by atoms with Gasteiger partial charge in [0.25, 0.3) is 0 Å². The Bertz CT molecular complexity index is 683. The topological polar surface area (TPSA) is 16.4 Å². The molecule has 1 aromatic carbocycles. The van der Waals surface area contributed by atoms with Crippen molar-refractivity contribution in [3.05, 3.63) is 38.2 Å². The Balaban J connectivity index is 1.86. The minimum absolute atomic E-state index is 0.687. The molecule has 0 aliphatic carbocycles. The third-order valence-electron chi connectivity index (χ3n) is 4.11. The van der Waals surface area contributed by atoms with E-state index in [1.165, 1.54) is 36.9 Å². The molecule has 0 atom stereocenters. The molecule has 4 heteroatoms. The van der Waals surface area contributed by atoms with Crippen LogP contribution in [0.1, 0.15) is 18.6 Å². The van der Waals surface area contributed by atoms with Gasteiger partial charge in [0.2, 0.25) is 0 Å². The first kappa shape index (κ1) is 12.3. The molecule has 0 N–H and O–H groups in total. The average molecular weight is 430 g/mol. The average Bonchev–Trinajstić information content (AvgIpc) is 2.84. The molecule has 2 bridgehead atoms. The van der Waals surface area contributed by atoms with Gasteiger partial charge in [-0.15, -0.1) is 0 Å². The number of benzene rings is 1. The normalized spacial score (nSPS) is 19.3. The van der Waals surface area contributed by atoms with Crippen LogP contribution in [0, 0.1) is 9.49 Å². The Morgan fingerprint density at radius 2 is 2.00 bits per heavy atom. The highest BCUT2D eigenvalue weighted by Gasteiger charge is 2.29. The lowest BCUT2D eigenvalue weighted by Gasteiger charge is -2.38. The third-order valence-corrected chi connectivity index (χ3v) is 5.37. The van der Waals surface area contributed by atoms with Gasteiger partial charge in [0.05, 0.1) is 3.57 Å². The summed E-state index contributed by atoms with van der Waals surface area (Å²) in [6.07, 6.45) is 4.84. The molecule has 1 fully saturated rings. The Morgan fingerprint density at radius 1 is 1.21 bits per heavy atom. The Hall–Kier alpha value is -0.490. The minimum Gasteiger partial charge on any atom is -0.455 e. The van der Waals surface area contributed by atoms with Crippen molar-refractivity contribution in [3.63, 3.8) is 0 Å². The van der Waals surface area contributed by atoms with Crippen molar-refractivity contribution in [3.8, 4) is 0 Å². The Morgan fingerprint density at radius 3 is 2.68 bits per heavy atom. The monoisotopic (exact) mass is 429 g/mol. The van der Waals surface area contributed by atoms with Gasteiger partial charge in [-0.1, -0.05) is 15.9 Å². The van der Waals surface area contributed by atoms with Gasteiger partial charge in [0, 0.05) is 34.7 Å². The molecular weight excluding hydrogens is 417 g/mol. The molecule has 0 radical (unpaired) electrons. The van der Waals surface area contributed by atoms with Crippen LogP contribution in [0.25, 0.3) is 16.5 Å². The minimum atomic E-state index is 0.687. The molecule has 0 amide bonds. The molecule has 3 aliphatic rings. The molecule has 19 heavy (non-hydrogen) atoms. The molecule has 2 aromatic rings. The number of rotatable bonds is 1. The first-order valence-electron chi connectivity index (χ1n) is 6.55. The van der Waals surface area contributed by atoms with Gasteiger partial charge in [-0.25, -0.2) is 0 Å². The highest BCUT2D eigenvalue weighted by atomic mass is 127. The van der Waals surface area contributed by atoms with E-state index in [2.05, 4.69) is 67.8 Å². The SMILES string of the molecule is Brc1cc(I)c2oc(C3=CN4CCC3CC4)cc2c1. The lowest BCUT2D eigenvalue weighted by molar-refractivity contribution is 0.250. The quantitative estimate of drug-likeness (QED) is 0.601. The van der Waals surface area contributed by atoms with E-state index in [1.54, 1.807) is 0 Å². The van der Waals surface area contributed by atoms with Crippen molar-refractivity contribution in [2.75, 3.05) is 13.1 Å². The molecule has 0 unspecified atom stereocenters. The number of fused-ring (bicyclic) bond motifs is 3. The van der Waals surface area contributed by atoms with Crippen molar-refractivity contribution in [2.45, 2.75) is 12.8 Å². The second-order valence-corrected chi connectivity index (χ2v) is 7.39. The molecule has 1 saturated heterocycles. The lowest BCUT2D eigenvalue weighted by atomic mass is 9.84. The van der Waals surface area contributed by atoms with Crippen LogP contribution in [-0.2, 0) is 0 Å². The van der Waals surface area contributed by atoms with E-state index in [0.717, 1.165) is 19.4 Å². The summed E-state index contributed by atoms with van der Waals surface area (Å²) in [7, 11) is 0. The fourth-order valence-corrected chi connectivity index (χ4v) is 4.79. The number of allylic oxidation sites excluding steroid dienone is 1. The van der Waals surface area contributed by atoms with Crippen LogP contribution in [0.4, 0.5) is 0 Å². The largest absolute Gasteiger partial charge is 0.455 e. The number of furan rings is 1. The number of hydrogen-bond acceptors (Lipinski definition) is 2. The zero-order valence-corrected chi connectivity index (χ0v) is 14.1. The van der Waals surface area contributed by atoms with Crippen molar-refractivity contribution >= 4 is 55.1 Å². The van der Waals surface area contributed by atoms with Crippen LogP contribution in [-0.4, -0.2) is 18.0 Å². The maximum atomic E-state index is 6.12. The zero-order valence-electron chi connectivity index (χ0n) is 10.3. The predicted octanol–water partition coefficient (Wildman–Crippen LogP) is 4.87. The van der Waals surface area contributed by atoms with E-state index < -0.39 is 0 Å². The van der Waals surface area contributed by atoms with Gasteiger partial charge < -0.3 is 9.32 Å². The number of halogens is 2. The Labute approximate surface area is 134 Å². The molecule has 2 nitrogen and oxygen atoms in total. The molecule has 3 aliphatic heterocycles. The summed E-state index contributed by atoms with van der Waals surface area (Å²) in [5.41, 5.74) is 2.40. The molecule has 1 aromatic heterocycles. The van der Waals surface area contributed by atoms with Crippen molar-refractivity contribution in [1.29, 1.82) is 0 Å². The fourth-order valence-electron chi connectivity index (χ4n) is 3.12. The van der Waals surface area contributed by atoms with E-state index in [4.69, 9.17) is 4.42 Å². The van der Waals surface area contributed by atoms with Crippen LogP contribution >= 0.6 is 38.5 Å². The Kier molecular flexibility index (Phi) is 2.92. The van der Waals surface area contributed by atoms with E-state index in [1.807, 2.05) is 0 Å². The summed E-state index contributed by atoms with van der Waals surface area (Å²) in [6.45, 7) is 2.41. The van der Waals surface area contributed by atoms with E-state index in [0.29, 0.717) is 5.92 Å². The van der Waals surface area contributed by atoms with Gasteiger partial charge in [-0.2, -0.15) is 0 Å². The first-order valence-corrected chi connectivity index (χ1v) is 8.42. The highest BCUT2D eigenvalue weighted by molar-refractivity contribution is 14.1. The maximum Gasteiger partial charge on any atom is 0.148 e. The van der Waals surface area contributed by atoms with E-state index >= 15 is 0 Å². The fraction of sp³-hybridized carbons (Fsp3) is 0.333. The van der Waals surface area contributed by atoms with Crippen LogP contribution in [0.15, 0.2) is 33.3 Å². The van der Waals surface area contributed by atoms with Crippen molar-refractivity contribution in [2.24, 2.45) is 5.92 Å². The zero-order chi connectivity index (χ0) is 13.0. The molecule has 5 rings (SSSR count). The van der Waals surface area contributed by atoms with Gasteiger partial charge in [0.15, 0.2) is 0 Å².